The third-order valence-corrected chi connectivity index (χ3v) is 2.18. The molecule has 0 saturated heterocycles. The summed E-state index contributed by atoms with van der Waals surface area (Å²) in [6, 6.07) is 1.15. The highest BCUT2D eigenvalue weighted by atomic mass is 19.4. The highest BCUT2D eigenvalue weighted by molar-refractivity contribution is 5.37. The summed E-state index contributed by atoms with van der Waals surface area (Å²) in [6.45, 7) is 0.271. The van der Waals surface area contributed by atoms with Crippen LogP contribution in [-0.2, 0) is 12.4 Å². The second kappa shape index (κ2) is 5.68. The molecule has 0 radical (unpaired) electrons. The van der Waals surface area contributed by atoms with E-state index in [2.05, 4.69) is 5.32 Å². The van der Waals surface area contributed by atoms with Crippen molar-refractivity contribution in [1.29, 1.82) is 0 Å². The molecule has 0 spiro atoms. The van der Waals surface area contributed by atoms with E-state index in [1.165, 1.54) is 0 Å². The fourth-order valence-corrected chi connectivity index (χ4v) is 1.28. The zero-order valence-electron chi connectivity index (χ0n) is 9.82. The van der Waals surface area contributed by atoms with Gasteiger partial charge in [0.15, 0.2) is 0 Å². The SMILES string of the molecule is CNCCOc1cc(C(F)(F)F)cc(C(F)(F)F)c1. The van der Waals surface area contributed by atoms with Crippen LogP contribution < -0.4 is 10.1 Å². The molecule has 0 aromatic heterocycles. The molecule has 0 atom stereocenters. The third-order valence-electron chi connectivity index (χ3n) is 2.18. The lowest BCUT2D eigenvalue weighted by molar-refractivity contribution is -0.143. The average molecular weight is 287 g/mol. The minimum Gasteiger partial charge on any atom is -0.492 e. The normalized spacial score (nSPS) is 12.6. The molecule has 0 aliphatic rings. The molecular weight excluding hydrogens is 276 g/mol. The van der Waals surface area contributed by atoms with E-state index in [1.54, 1.807) is 7.05 Å². The molecule has 0 saturated carbocycles. The number of benzene rings is 1. The summed E-state index contributed by atoms with van der Waals surface area (Å²) in [5, 5.41) is 2.66. The zero-order valence-corrected chi connectivity index (χ0v) is 9.82. The second-order valence-electron chi connectivity index (χ2n) is 3.69. The Morgan fingerprint density at radius 3 is 1.79 bits per heavy atom. The number of hydrogen-bond acceptors (Lipinski definition) is 2. The van der Waals surface area contributed by atoms with Crippen molar-refractivity contribution in [2.45, 2.75) is 12.4 Å². The van der Waals surface area contributed by atoms with Gasteiger partial charge in [0.05, 0.1) is 11.1 Å². The Morgan fingerprint density at radius 2 is 1.42 bits per heavy atom. The van der Waals surface area contributed by atoms with Gasteiger partial charge < -0.3 is 10.1 Å². The van der Waals surface area contributed by atoms with Gasteiger partial charge >= 0.3 is 12.4 Å². The van der Waals surface area contributed by atoms with Crippen LogP contribution in [0.4, 0.5) is 26.3 Å². The Hall–Kier alpha value is -1.44. The van der Waals surface area contributed by atoms with Gasteiger partial charge in [-0.3, -0.25) is 0 Å². The van der Waals surface area contributed by atoms with Gasteiger partial charge in [0.2, 0.25) is 0 Å². The van der Waals surface area contributed by atoms with Gasteiger partial charge in [-0.2, -0.15) is 26.3 Å². The molecule has 0 fully saturated rings. The number of ether oxygens (including phenoxy) is 1. The monoisotopic (exact) mass is 287 g/mol. The first-order chi connectivity index (χ1) is 8.64. The first-order valence-electron chi connectivity index (χ1n) is 5.21. The van der Waals surface area contributed by atoms with Crippen molar-refractivity contribution in [2.75, 3.05) is 20.2 Å². The van der Waals surface area contributed by atoms with E-state index in [4.69, 9.17) is 4.74 Å². The van der Waals surface area contributed by atoms with E-state index >= 15 is 0 Å². The van der Waals surface area contributed by atoms with Gasteiger partial charge in [0.1, 0.15) is 12.4 Å². The zero-order chi connectivity index (χ0) is 14.7. The molecule has 8 heteroatoms. The Morgan fingerprint density at radius 1 is 0.947 bits per heavy atom. The first kappa shape index (κ1) is 15.6. The van der Waals surface area contributed by atoms with Crippen molar-refractivity contribution in [3.63, 3.8) is 0 Å². The Kier molecular flexibility index (Phi) is 4.67. The lowest BCUT2D eigenvalue weighted by Crippen LogP contribution is -2.17. The summed E-state index contributed by atoms with van der Waals surface area (Å²) in [5.74, 6) is -0.461. The summed E-state index contributed by atoms with van der Waals surface area (Å²) in [6.07, 6.45) is -9.72. The Labute approximate surface area is 105 Å². The van der Waals surface area contributed by atoms with Crippen LogP contribution in [-0.4, -0.2) is 20.2 Å². The van der Waals surface area contributed by atoms with Crippen molar-refractivity contribution < 1.29 is 31.1 Å². The van der Waals surface area contributed by atoms with Crippen molar-refractivity contribution in [1.82, 2.24) is 5.32 Å². The maximum Gasteiger partial charge on any atom is 0.416 e. The van der Waals surface area contributed by atoms with Gasteiger partial charge in [-0.05, 0) is 25.2 Å². The molecule has 0 unspecified atom stereocenters. The first-order valence-corrected chi connectivity index (χ1v) is 5.21. The quantitative estimate of drug-likeness (QED) is 0.677. The number of nitrogens with one attached hydrogen (secondary N) is 1. The maximum absolute atomic E-state index is 12.5. The summed E-state index contributed by atoms with van der Waals surface area (Å²) < 4.78 is 79.8. The smallest absolute Gasteiger partial charge is 0.416 e. The number of halogens is 6. The molecule has 2 nitrogen and oxygen atoms in total. The maximum atomic E-state index is 12.5. The molecule has 0 heterocycles. The minimum atomic E-state index is -4.86. The van der Waals surface area contributed by atoms with Gasteiger partial charge in [0, 0.05) is 6.54 Å². The Bertz CT molecular complexity index is 394. The van der Waals surface area contributed by atoms with Crippen LogP contribution in [0.3, 0.4) is 0 Å². The predicted octanol–water partition coefficient (Wildman–Crippen LogP) is 3.32. The number of alkyl halides is 6. The molecule has 1 rings (SSSR count). The van der Waals surface area contributed by atoms with Gasteiger partial charge in [0.25, 0.3) is 0 Å². The van der Waals surface area contributed by atoms with E-state index in [1.807, 2.05) is 0 Å². The lowest BCUT2D eigenvalue weighted by Gasteiger charge is -2.14. The molecule has 1 aromatic carbocycles. The Balaban J connectivity index is 3.10. The fourth-order valence-electron chi connectivity index (χ4n) is 1.28. The molecule has 0 aliphatic carbocycles. The van der Waals surface area contributed by atoms with Crippen molar-refractivity contribution in [3.05, 3.63) is 29.3 Å². The molecule has 108 valence electrons. The van der Waals surface area contributed by atoms with Crippen LogP contribution >= 0.6 is 0 Å². The van der Waals surface area contributed by atoms with E-state index in [0.717, 1.165) is 0 Å². The van der Waals surface area contributed by atoms with Crippen LogP contribution in [0.25, 0.3) is 0 Å². The van der Waals surface area contributed by atoms with Crippen molar-refractivity contribution in [3.8, 4) is 5.75 Å². The highest BCUT2D eigenvalue weighted by Gasteiger charge is 2.37. The number of rotatable bonds is 4. The third kappa shape index (κ3) is 4.62. The molecule has 19 heavy (non-hydrogen) atoms. The van der Waals surface area contributed by atoms with Gasteiger partial charge in [-0.1, -0.05) is 0 Å². The highest BCUT2D eigenvalue weighted by Crippen LogP contribution is 2.38. The van der Waals surface area contributed by atoms with E-state index < -0.39 is 29.2 Å². The van der Waals surface area contributed by atoms with E-state index in [9.17, 15) is 26.3 Å². The van der Waals surface area contributed by atoms with Crippen molar-refractivity contribution in [2.24, 2.45) is 0 Å². The molecule has 1 aromatic rings. The number of hydrogen-bond donors (Lipinski definition) is 1. The minimum absolute atomic E-state index is 0.0326. The summed E-state index contributed by atoms with van der Waals surface area (Å²) >= 11 is 0. The topological polar surface area (TPSA) is 21.3 Å². The van der Waals surface area contributed by atoms with Crippen LogP contribution in [0.5, 0.6) is 5.75 Å². The van der Waals surface area contributed by atoms with E-state index in [0.29, 0.717) is 18.7 Å². The van der Waals surface area contributed by atoms with Crippen LogP contribution in [0.2, 0.25) is 0 Å². The van der Waals surface area contributed by atoms with Gasteiger partial charge in [-0.25, -0.2) is 0 Å². The molecular formula is C11H11F6NO. The van der Waals surface area contributed by atoms with Crippen LogP contribution in [0.1, 0.15) is 11.1 Å². The standard InChI is InChI=1S/C11H11F6NO/c1-18-2-3-19-9-5-7(10(12,13)14)4-8(6-9)11(15,16)17/h4-6,18H,2-3H2,1H3. The van der Waals surface area contributed by atoms with E-state index in [-0.39, 0.29) is 12.7 Å². The van der Waals surface area contributed by atoms with Crippen molar-refractivity contribution >= 4 is 0 Å². The van der Waals surface area contributed by atoms with Crippen LogP contribution in [0.15, 0.2) is 18.2 Å². The molecule has 0 amide bonds. The molecule has 0 bridgehead atoms. The average Bonchev–Trinajstić information content (AvgIpc) is 2.27. The molecule has 0 aliphatic heterocycles. The fraction of sp³-hybridized carbons (Fsp3) is 0.455. The lowest BCUT2D eigenvalue weighted by atomic mass is 10.1. The summed E-state index contributed by atoms with van der Waals surface area (Å²) in [4.78, 5) is 0. The molecule has 1 N–H and O–H groups in total. The predicted molar refractivity (Wildman–Crippen MR) is 55.9 cm³/mol. The van der Waals surface area contributed by atoms with Crippen LogP contribution in [0, 0.1) is 0 Å². The largest absolute Gasteiger partial charge is 0.492 e. The summed E-state index contributed by atoms with van der Waals surface area (Å²) in [5.41, 5.74) is -2.77. The second-order valence-corrected chi connectivity index (χ2v) is 3.69. The summed E-state index contributed by atoms with van der Waals surface area (Å²) in [7, 11) is 1.58. The number of likely N-dealkylation sites (N-methyl/N-ethyl adjacent to an activating group) is 1. The van der Waals surface area contributed by atoms with Gasteiger partial charge in [-0.15, -0.1) is 0 Å².